The molecule has 114 valence electrons. The molecule has 1 atom stereocenters. The predicted octanol–water partition coefficient (Wildman–Crippen LogP) is 3.31. The maximum absolute atomic E-state index is 10.5. The molecule has 1 N–H and O–H groups in total. The van der Waals surface area contributed by atoms with Crippen molar-refractivity contribution in [2.45, 2.75) is 18.9 Å². The van der Waals surface area contributed by atoms with Crippen LogP contribution in [0, 0.1) is 0 Å². The van der Waals surface area contributed by atoms with Gasteiger partial charge in [0.1, 0.15) is 5.75 Å². The molecule has 2 aliphatic heterocycles. The van der Waals surface area contributed by atoms with E-state index in [4.69, 9.17) is 9.47 Å². The highest BCUT2D eigenvalue weighted by Gasteiger charge is 2.29. The van der Waals surface area contributed by atoms with E-state index in [1.54, 1.807) is 6.07 Å². The van der Waals surface area contributed by atoms with Crippen LogP contribution in [-0.4, -0.2) is 29.9 Å². The van der Waals surface area contributed by atoms with Crippen LogP contribution < -0.4 is 9.47 Å². The Kier molecular flexibility index (Phi) is 3.39. The molecule has 2 aromatic rings. The van der Waals surface area contributed by atoms with Gasteiger partial charge in [-0.3, -0.25) is 4.90 Å². The molecule has 4 nitrogen and oxygen atoms in total. The fraction of sp³-hybridized carbons (Fsp3) is 0.333. The van der Waals surface area contributed by atoms with Crippen LogP contribution in [0.1, 0.15) is 30.0 Å². The van der Waals surface area contributed by atoms with Gasteiger partial charge in [0.15, 0.2) is 11.5 Å². The molecule has 0 amide bonds. The maximum atomic E-state index is 10.5. The minimum atomic E-state index is 0.0539. The molecule has 22 heavy (non-hydrogen) atoms. The van der Waals surface area contributed by atoms with E-state index in [0.29, 0.717) is 11.5 Å². The number of fused-ring (bicyclic) bond motifs is 1. The third kappa shape index (κ3) is 2.29. The molecule has 0 spiro atoms. The molecule has 4 rings (SSSR count). The first-order valence-corrected chi connectivity index (χ1v) is 7.74. The fourth-order valence-corrected chi connectivity index (χ4v) is 3.39. The van der Waals surface area contributed by atoms with Crippen molar-refractivity contribution in [2.75, 3.05) is 19.9 Å². The van der Waals surface area contributed by atoms with E-state index in [-0.39, 0.29) is 18.6 Å². The molecular formula is C18H19NO3. The number of ether oxygens (including phenoxy) is 2. The number of likely N-dealkylation sites (tertiary alicyclic amines) is 1. The zero-order valence-corrected chi connectivity index (χ0v) is 12.4. The van der Waals surface area contributed by atoms with Crippen molar-refractivity contribution in [1.82, 2.24) is 4.90 Å². The Balaban J connectivity index is 1.81. The summed E-state index contributed by atoms with van der Waals surface area (Å²) in [7, 11) is 0. The highest BCUT2D eigenvalue weighted by molar-refractivity contribution is 5.54. The Bertz CT molecular complexity index is 666. The van der Waals surface area contributed by atoms with Crippen molar-refractivity contribution < 1.29 is 14.6 Å². The summed E-state index contributed by atoms with van der Waals surface area (Å²) < 4.78 is 10.8. The van der Waals surface area contributed by atoms with E-state index in [9.17, 15) is 5.11 Å². The van der Waals surface area contributed by atoms with E-state index in [2.05, 4.69) is 17.0 Å². The minimum Gasteiger partial charge on any atom is -0.507 e. The van der Waals surface area contributed by atoms with Gasteiger partial charge in [0.05, 0.1) is 6.04 Å². The summed E-state index contributed by atoms with van der Waals surface area (Å²) in [4.78, 5) is 2.42. The van der Waals surface area contributed by atoms with Gasteiger partial charge in [-0.25, -0.2) is 0 Å². The Morgan fingerprint density at radius 2 is 1.64 bits per heavy atom. The molecule has 2 heterocycles. The van der Waals surface area contributed by atoms with E-state index in [0.717, 1.165) is 18.7 Å². The topological polar surface area (TPSA) is 41.9 Å². The lowest BCUT2D eigenvalue weighted by molar-refractivity contribution is 0.173. The van der Waals surface area contributed by atoms with Crippen LogP contribution in [0.3, 0.4) is 0 Å². The van der Waals surface area contributed by atoms with E-state index in [1.807, 2.05) is 24.3 Å². The lowest BCUT2D eigenvalue weighted by Gasteiger charge is -2.29. The number of rotatable bonds is 3. The number of aromatic hydroxyl groups is 1. The van der Waals surface area contributed by atoms with Crippen molar-refractivity contribution in [3.05, 3.63) is 53.6 Å². The lowest BCUT2D eigenvalue weighted by atomic mass is 9.96. The smallest absolute Gasteiger partial charge is 0.231 e. The van der Waals surface area contributed by atoms with Crippen LogP contribution >= 0.6 is 0 Å². The molecule has 0 aromatic heterocycles. The molecule has 2 aromatic carbocycles. The summed E-state index contributed by atoms with van der Waals surface area (Å²) in [5, 5.41) is 10.5. The average Bonchev–Trinajstić information content (AvgIpc) is 3.20. The van der Waals surface area contributed by atoms with Gasteiger partial charge in [-0.15, -0.1) is 0 Å². The average molecular weight is 297 g/mol. The SMILES string of the molecule is Oc1cc2c(cc1[C@H](c1ccccc1)N1CCCC1)OCO2. The first kappa shape index (κ1) is 13.5. The molecule has 0 unspecified atom stereocenters. The van der Waals surface area contributed by atoms with Crippen molar-refractivity contribution >= 4 is 0 Å². The van der Waals surface area contributed by atoms with Crippen LogP contribution in [0.15, 0.2) is 42.5 Å². The van der Waals surface area contributed by atoms with Gasteiger partial charge in [-0.2, -0.15) is 0 Å². The molecule has 0 saturated carbocycles. The number of hydrogen-bond donors (Lipinski definition) is 1. The molecule has 4 heteroatoms. The maximum Gasteiger partial charge on any atom is 0.231 e. The zero-order chi connectivity index (χ0) is 14.9. The molecule has 1 fully saturated rings. The van der Waals surface area contributed by atoms with Crippen molar-refractivity contribution in [1.29, 1.82) is 0 Å². The second-order valence-corrected chi connectivity index (χ2v) is 5.82. The van der Waals surface area contributed by atoms with Gasteiger partial charge < -0.3 is 14.6 Å². The normalized spacial score (nSPS) is 18.5. The molecule has 0 aliphatic carbocycles. The quantitative estimate of drug-likeness (QED) is 0.944. The standard InChI is InChI=1S/C18H19NO3/c20-15-11-17-16(21-12-22-17)10-14(15)18(19-8-4-5-9-19)13-6-2-1-3-7-13/h1-3,6-7,10-11,18,20H,4-5,8-9,12H2/t18-/m0/s1. The van der Waals surface area contributed by atoms with Crippen LogP contribution in [0.2, 0.25) is 0 Å². The molecule has 0 bridgehead atoms. The van der Waals surface area contributed by atoms with Crippen molar-refractivity contribution in [3.8, 4) is 17.2 Å². The van der Waals surface area contributed by atoms with Crippen LogP contribution in [0.25, 0.3) is 0 Å². The fourth-order valence-electron chi connectivity index (χ4n) is 3.39. The third-order valence-corrected chi connectivity index (χ3v) is 4.44. The van der Waals surface area contributed by atoms with Gasteiger partial charge >= 0.3 is 0 Å². The van der Waals surface area contributed by atoms with Crippen LogP contribution in [0.4, 0.5) is 0 Å². The van der Waals surface area contributed by atoms with Gasteiger partial charge in [0.25, 0.3) is 0 Å². The van der Waals surface area contributed by atoms with E-state index < -0.39 is 0 Å². The summed E-state index contributed by atoms with van der Waals surface area (Å²) >= 11 is 0. The Labute approximate surface area is 129 Å². The zero-order valence-electron chi connectivity index (χ0n) is 12.4. The molecule has 2 aliphatic rings. The summed E-state index contributed by atoms with van der Waals surface area (Å²) in [5.41, 5.74) is 2.08. The van der Waals surface area contributed by atoms with E-state index in [1.165, 1.54) is 18.4 Å². The number of hydrogen-bond acceptors (Lipinski definition) is 4. The summed E-state index contributed by atoms with van der Waals surface area (Å²) in [6, 6.07) is 14.0. The van der Waals surface area contributed by atoms with Crippen molar-refractivity contribution in [2.24, 2.45) is 0 Å². The van der Waals surface area contributed by atoms with Crippen LogP contribution in [0.5, 0.6) is 17.2 Å². The number of benzene rings is 2. The number of nitrogens with zero attached hydrogens (tertiary/aromatic N) is 1. The first-order valence-electron chi connectivity index (χ1n) is 7.74. The Morgan fingerprint density at radius 1 is 0.955 bits per heavy atom. The third-order valence-electron chi connectivity index (χ3n) is 4.44. The summed E-state index contributed by atoms with van der Waals surface area (Å²) in [5.74, 6) is 1.60. The number of phenolic OH excluding ortho intramolecular Hbond substituents is 1. The van der Waals surface area contributed by atoms with Gasteiger partial charge in [-0.1, -0.05) is 30.3 Å². The Morgan fingerprint density at radius 3 is 2.36 bits per heavy atom. The molecule has 0 radical (unpaired) electrons. The lowest BCUT2D eigenvalue weighted by Crippen LogP contribution is -2.26. The highest BCUT2D eigenvalue weighted by Crippen LogP contribution is 2.43. The van der Waals surface area contributed by atoms with Gasteiger partial charge in [0, 0.05) is 11.6 Å². The summed E-state index contributed by atoms with van der Waals surface area (Å²) in [6.45, 7) is 2.32. The molecular weight excluding hydrogens is 278 g/mol. The summed E-state index contributed by atoms with van der Waals surface area (Å²) in [6.07, 6.45) is 2.41. The van der Waals surface area contributed by atoms with Gasteiger partial charge in [0.2, 0.25) is 6.79 Å². The van der Waals surface area contributed by atoms with Crippen LogP contribution in [-0.2, 0) is 0 Å². The van der Waals surface area contributed by atoms with Gasteiger partial charge in [-0.05, 0) is 37.6 Å². The second kappa shape index (κ2) is 5.54. The largest absolute Gasteiger partial charge is 0.507 e. The molecule has 1 saturated heterocycles. The Hall–Kier alpha value is -2.20. The highest BCUT2D eigenvalue weighted by atomic mass is 16.7. The second-order valence-electron chi connectivity index (χ2n) is 5.82. The number of phenols is 1. The monoisotopic (exact) mass is 297 g/mol. The first-order chi connectivity index (χ1) is 10.8. The predicted molar refractivity (Wildman–Crippen MR) is 83.3 cm³/mol. The van der Waals surface area contributed by atoms with Crippen molar-refractivity contribution in [3.63, 3.8) is 0 Å². The minimum absolute atomic E-state index is 0.0539. The van der Waals surface area contributed by atoms with E-state index >= 15 is 0 Å².